The topological polar surface area (TPSA) is 59.7 Å². The van der Waals surface area contributed by atoms with E-state index < -0.39 is 0 Å². The Morgan fingerprint density at radius 1 is 1.26 bits per heavy atom. The molecule has 0 aliphatic carbocycles. The zero-order chi connectivity index (χ0) is 23.7. The average Bonchev–Trinajstić information content (AvgIpc) is 3.50. The maximum absolute atomic E-state index is 14.2. The molecular weight excluding hydrogens is 431 g/mol. The fourth-order valence-electron chi connectivity index (χ4n) is 4.48. The minimum Gasteiger partial charge on any atom is -0.486 e. The lowest BCUT2D eigenvalue weighted by Gasteiger charge is -2.22. The molecule has 0 saturated carbocycles. The molecule has 7 heteroatoms. The molecule has 5 rings (SSSR count). The monoisotopic (exact) mass is 456 g/mol. The van der Waals surface area contributed by atoms with E-state index in [1.165, 1.54) is 6.08 Å². The number of nitrogens with zero attached hydrogens (tertiary/aromatic N) is 4. The second-order valence-corrected chi connectivity index (χ2v) is 8.42. The molecule has 0 bridgehead atoms. The molecule has 1 aliphatic heterocycles. The smallest absolute Gasteiger partial charge is 0.246 e. The summed E-state index contributed by atoms with van der Waals surface area (Å²) in [5.41, 5.74) is 4.09. The summed E-state index contributed by atoms with van der Waals surface area (Å²) in [4.78, 5) is 23.5. The highest BCUT2D eigenvalue weighted by Gasteiger charge is 2.32. The van der Waals surface area contributed by atoms with Crippen molar-refractivity contribution in [2.24, 2.45) is 0 Å². The van der Waals surface area contributed by atoms with Gasteiger partial charge in [0.1, 0.15) is 12.4 Å². The third kappa shape index (κ3) is 3.94. The van der Waals surface area contributed by atoms with E-state index in [0.29, 0.717) is 12.1 Å². The number of benzene rings is 2. The summed E-state index contributed by atoms with van der Waals surface area (Å²) >= 11 is 0. The lowest BCUT2D eigenvalue weighted by molar-refractivity contribution is -0.127. The Kier molecular flexibility index (Phi) is 5.84. The van der Waals surface area contributed by atoms with Gasteiger partial charge in [-0.3, -0.25) is 14.2 Å². The van der Waals surface area contributed by atoms with Crippen molar-refractivity contribution in [3.8, 4) is 17.0 Å². The number of hydrogen-bond acceptors (Lipinski definition) is 4. The van der Waals surface area contributed by atoms with E-state index in [9.17, 15) is 9.18 Å². The van der Waals surface area contributed by atoms with Crippen molar-refractivity contribution in [3.63, 3.8) is 0 Å². The van der Waals surface area contributed by atoms with Gasteiger partial charge >= 0.3 is 0 Å². The molecule has 0 spiro atoms. The van der Waals surface area contributed by atoms with Crippen molar-refractivity contribution in [2.75, 3.05) is 6.54 Å². The van der Waals surface area contributed by atoms with Crippen molar-refractivity contribution < 1.29 is 13.9 Å². The van der Waals surface area contributed by atoms with Gasteiger partial charge in [-0.25, -0.2) is 9.37 Å². The van der Waals surface area contributed by atoms with Crippen LogP contribution in [0.3, 0.4) is 0 Å². The Morgan fingerprint density at radius 2 is 2.09 bits per heavy atom. The van der Waals surface area contributed by atoms with Crippen molar-refractivity contribution in [1.82, 2.24) is 19.3 Å². The Bertz CT molecular complexity index is 1360. The summed E-state index contributed by atoms with van der Waals surface area (Å²) in [7, 11) is 0. The Balaban J connectivity index is 1.43. The molecule has 0 radical (unpaired) electrons. The second kappa shape index (κ2) is 9.09. The molecule has 2 aromatic carbocycles. The number of carbonyl (C=O) groups is 1. The van der Waals surface area contributed by atoms with Gasteiger partial charge in [0.2, 0.25) is 5.91 Å². The molecule has 1 aliphatic rings. The zero-order valence-corrected chi connectivity index (χ0v) is 18.9. The van der Waals surface area contributed by atoms with Gasteiger partial charge in [0, 0.05) is 24.5 Å². The highest BCUT2D eigenvalue weighted by atomic mass is 19.1. The summed E-state index contributed by atoms with van der Waals surface area (Å²) in [6.07, 6.45) is 8.54. The fourth-order valence-corrected chi connectivity index (χ4v) is 4.48. The average molecular weight is 457 g/mol. The van der Waals surface area contributed by atoms with Gasteiger partial charge < -0.3 is 9.64 Å². The first-order chi connectivity index (χ1) is 16.6. The van der Waals surface area contributed by atoms with E-state index in [4.69, 9.17) is 9.72 Å². The standard InChI is InChI=1S/C27H25FN4O2/c1-3-24(33)31-14-5-7-21(31)27-30-26(22-16-29-13-15-32(22)27)20-11-9-19(10-12-20)17-34-23-8-4-6-18(2)25(23)28/h3-4,6,8-13,15-16,21H,1,5,7,14,17H2,2H3/t21-/m0/s1. The molecule has 1 amide bonds. The van der Waals surface area contributed by atoms with Crippen LogP contribution in [-0.2, 0) is 11.4 Å². The van der Waals surface area contributed by atoms with E-state index in [1.807, 2.05) is 39.8 Å². The van der Waals surface area contributed by atoms with Crippen LogP contribution in [0, 0.1) is 12.7 Å². The zero-order valence-electron chi connectivity index (χ0n) is 18.9. The van der Waals surface area contributed by atoms with E-state index in [0.717, 1.165) is 41.0 Å². The summed E-state index contributed by atoms with van der Waals surface area (Å²) in [5.74, 6) is 0.654. The van der Waals surface area contributed by atoms with Crippen LogP contribution in [-0.4, -0.2) is 31.7 Å². The molecule has 0 unspecified atom stereocenters. The molecule has 6 nitrogen and oxygen atoms in total. The first-order valence-electron chi connectivity index (χ1n) is 11.3. The van der Waals surface area contributed by atoms with Gasteiger partial charge in [0.05, 0.1) is 23.4 Å². The number of aromatic nitrogens is 3. The third-order valence-corrected chi connectivity index (χ3v) is 6.26. The van der Waals surface area contributed by atoms with Gasteiger partial charge in [0.25, 0.3) is 0 Å². The molecular formula is C27H25FN4O2. The number of amides is 1. The molecule has 4 aromatic rings. The number of hydrogen-bond donors (Lipinski definition) is 0. The van der Waals surface area contributed by atoms with E-state index in [-0.39, 0.29) is 30.1 Å². The summed E-state index contributed by atoms with van der Waals surface area (Å²) in [6.45, 7) is 6.31. The van der Waals surface area contributed by atoms with Crippen LogP contribution < -0.4 is 4.74 Å². The maximum atomic E-state index is 14.2. The van der Waals surface area contributed by atoms with Gasteiger partial charge in [0.15, 0.2) is 11.6 Å². The van der Waals surface area contributed by atoms with E-state index >= 15 is 0 Å². The van der Waals surface area contributed by atoms with Crippen LogP contribution in [0.2, 0.25) is 0 Å². The Labute approximate surface area is 197 Å². The lowest BCUT2D eigenvalue weighted by atomic mass is 10.1. The van der Waals surface area contributed by atoms with E-state index in [2.05, 4.69) is 11.6 Å². The van der Waals surface area contributed by atoms with Crippen molar-refractivity contribution in [2.45, 2.75) is 32.4 Å². The molecule has 1 atom stereocenters. The van der Waals surface area contributed by atoms with Crippen molar-refractivity contribution in [3.05, 3.63) is 96.5 Å². The molecule has 34 heavy (non-hydrogen) atoms. The summed E-state index contributed by atoms with van der Waals surface area (Å²) < 4.78 is 21.9. The molecule has 1 fully saturated rings. The summed E-state index contributed by atoms with van der Waals surface area (Å²) in [5, 5.41) is 0. The quantitative estimate of drug-likeness (QED) is 0.371. The van der Waals surface area contributed by atoms with Crippen molar-refractivity contribution >= 4 is 11.4 Å². The van der Waals surface area contributed by atoms with Crippen LogP contribution in [0.15, 0.2) is 73.7 Å². The second-order valence-electron chi connectivity index (χ2n) is 8.42. The van der Waals surface area contributed by atoms with Gasteiger partial charge in [-0.1, -0.05) is 43.0 Å². The highest BCUT2D eigenvalue weighted by Crippen LogP contribution is 2.35. The number of rotatable bonds is 6. The Morgan fingerprint density at radius 3 is 2.88 bits per heavy atom. The van der Waals surface area contributed by atoms with E-state index in [1.54, 1.807) is 37.5 Å². The fraction of sp³-hybridized carbons (Fsp3) is 0.222. The van der Waals surface area contributed by atoms with Gasteiger partial charge in [-0.05, 0) is 43.0 Å². The van der Waals surface area contributed by atoms with Crippen LogP contribution >= 0.6 is 0 Å². The predicted molar refractivity (Wildman–Crippen MR) is 128 cm³/mol. The van der Waals surface area contributed by atoms with Crippen LogP contribution in [0.5, 0.6) is 5.75 Å². The Hall–Kier alpha value is -4.00. The number of likely N-dealkylation sites (tertiary alicyclic amines) is 1. The molecule has 3 heterocycles. The van der Waals surface area contributed by atoms with Gasteiger partial charge in [-0.15, -0.1) is 0 Å². The third-order valence-electron chi connectivity index (χ3n) is 6.26. The first-order valence-corrected chi connectivity index (χ1v) is 11.3. The minimum absolute atomic E-state index is 0.0794. The normalized spacial score (nSPS) is 15.6. The van der Waals surface area contributed by atoms with Gasteiger partial charge in [-0.2, -0.15) is 0 Å². The molecule has 2 aromatic heterocycles. The number of halogens is 1. The first kappa shape index (κ1) is 21.8. The van der Waals surface area contributed by atoms with Crippen LogP contribution in [0.25, 0.3) is 16.8 Å². The predicted octanol–water partition coefficient (Wildman–Crippen LogP) is 5.27. The number of fused-ring (bicyclic) bond motifs is 1. The number of carbonyl (C=O) groups excluding carboxylic acids is 1. The number of ether oxygens (including phenoxy) is 1. The molecule has 172 valence electrons. The number of aryl methyl sites for hydroxylation is 1. The SMILES string of the molecule is C=CC(=O)N1CCC[C@H]1c1nc(-c2ccc(COc3cccc(C)c3F)cc2)c2cnccn12. The lowest BCUT2D eigenvalue weighted by Crippen LogP contribution is -2.29. The maximum Gasteiger partial charge on any atom is 0.246 e. The minimum atomic E-state index is -0.334. The molecule has 0 N–H and O–H groups in total. The van der Waals surface area contributed by atoms with Crippen molar-refractivity contribution in [1.29, 1.82) is 0 Å². The van der Waals surface area contributed by atoms with Crippen LogP contribution in [0.4, 0.5) is 4.39 Å². The highest BCUT2D eigenvalue weighted by molar-refractivity contribution is 5.87. The largest absolute Gasteiger partial charge is 0.486 e. The van der Waals surface area contributed by atoms with Crippen LogP contribution in [0.1, 0.15) is 35.8 Å². The molecule has 1 saturated heterocycles. The summed E-state index contributed by atoms with van der Waals surface area (Å²) in [6, 6.07) is 12.9. The number of imidazole rings is 1.